The zero-order valence-electron chi connectivity index (χ0n) is 18.3. The zero-order valence-corrected chi connectivity index (χ0v) is 18.3. The molecule has 0 bridgehead atoms. The molecular weight excluding hydrogens is 412 g/mol. The van der Waals surface area contributed by atoms with Crippen LogP contribution < -0.4 is 16.4 Å². The Morgan fingerprint density at radius 3 is 2.56 bits per heavy atom. The number of fused-ring (bicyclic) bond motifs is 1. The Kier molecular flexibility index (Phi) is 6.54. The minimum atomic E-state index is -0.958. The molecule has 2 fully saturated rings. The molecule has 3 heterocycles. The number of rotatable bonds is 7. The second-order valence-electron chi connectivity index (χ2n) is 8.56. The van der Waals surface area contributed by atoms with Gasteiger partial charge in [-0.05, 0) is 25.5 Å². The molecule has 0 spiro atoms. The van der Waals surface area contributed by atoms with E-state index < -0.39 is 23.8 Å². The highest BCUT2D eigenvalue weighted by atomic mass is 16.2. The highest BCUT2D eigenvalue weighted by molar-refractivity contribution is 6.25. The number of hydrogen-bond donors (Lipinski definition) is 3. The van der Waals surface area contributed by atoms with E-state index in [1.165, 1.54) is 0 Å². The van der Waals surface area contributed by atoms with E-state index >= 15 is 0 Å². The normalized spacial score (nSPS) is 23.3. The van der Waals surface area contributed by atoms with Crippen LogP contribution in [-0.4, -0.2) is 96.2 Å². The van der Waals surface area contributed by atoms with Gasteiger partial charge in [0.05, 0.1) is 11.1 Å². The van der Waals surface area contributed by atoms with E-state index in [2.05, 4.69) is 27.4 Å². The Balaban J connectivity index is 1.38. The Morgan fingerprint density at radius 1 is 1.12 bits per heavy atom. The molecule has 4 rings (SSSR count). The Labute approximate surface area is 187 Å². The zero-order chi connectivity index (χ0) is 22.8. The van der Waals surface area contributed by atoms with E-state index in [1.807, 2.05) is 0 Å². The molecule has 10 nitrogen and oxygen atoms in total. The molecule has 3 aliphatic heterocycles. The highest BCUT2D eigenvalue weighted by Gasteiger charge is 2.45. The molecule has 2 unspecified atom stereocenters. The van der Waals surface area contributed by atoms with Crippen LogP contribution in [0.25, 0.3) is 0 Å². The number of piperidine rings is 1. The summed E-state index contributed by atoms with van der Waals surface area (Å²) in [5.41, 5.74) is 6.93. The van der Waals surface area contributed by atoms with Crippen molar-refractivity contribution >= 4 is 29.3 Å². The molecule has 3 aliphatic rings. The second-order valence-corrected chi connectivity index (χ2v) is 8.56. The number of hydrogen-bond acceptors (Lipinski definition) is 8. The summed E-state index contributed by atoms with van der Waals surface area (Å²) in [5.74, 6) is -1.97. The largest absolute Gasteiger partial charge is 0.383 e. The van der Waals surface area contributed by atoms with Gasteiger partial charge in [-0.3, -0.25) is 39.2 Å². The van der Waals surface area contributed by atoms with E-state index in [4.69, 9.17) is 5.73 Å². The number of imide groups is 2. The number of anilines is 1. The third kappa shape index (κ3) is 4.25. The lowest BCUT2D eigenvalue weighted by Gasteiger charge is -2.37. The minimum Gasteiger partial charge on any atom is -0.383 e. The summed E-state index contributed by atoms with van der Waals surface area (Å²) >= 11 is 0. The molecule has 4 N–H and O–H groups in total. The fourth-order valence-corrected chi connectivity index (χ4v) is 4.59. The van der Waals surface area contributed by atoms with Crippen LogP contribution in [0.5, 0.6) is 0 Å². The number of carbonyl (C=O) groups excluding carboxylic acids is 4. The molecule has 32 heavy (non-hydrogen) atoms. The lowest BCUT2D eigenvalue weighted by atomic mass is 10.0. The average molecular weight is 443 g/mol. The predicted molar refractivity (Wildman–Crippen MR) is 118 cm³/mol. The molecule has 0 aromatic heterocycles. The van der Waals surface area contributed by atoms with Crippen LogP contribution >= 0.6 is 0 Å². The van der Waals surface area contributed by atoms with E-state index in [0.717, 1.165) is 37.6 Å². The Hall–Kier alpha value is -2.82. The Bertz CT molecular complexity index is 927. The van der Waals surface area contributed by atoms with E-state index in [0.29, 0.717) is 30.4 Å². The monoisotopic (exact) mass is 442 g/mol. The van der Waals surface area contributed by atoms with Crippen molar-refractivity contribution < 1.29 is 19.2 Å². The topological polar surface area (TPSA) is 128 Å². The van der Waals surface area contributed by atoms with Gasteiger partial charge in [0, 0.05) is 64.0 Å². The number of piperazine rings is 1. The van der Waals surface area contributed by atoms with Crippen LogP contribution in [0.3, 0.4) is 0 Å². The van der Waals surface area contributed by atoms with Crippen molar-refractivity contribution in [3.63, 3.8) is 0 Å². The summed E-state index contributed by atoms with van der Waals surface area (Å²) in [5, 5.41) is 5.52. The molecule has 0 aliphatic carbocycles. The van der Waals surface area contributed by atoms with Crippen molar-refractivity contribution in [2.75, 3.05) is 51.1 Å². The van der Waals surface area contributed by atoms with Gasteiger partial charge in [0.15, 0.2) is 0 Å². The molecule has 10 heteroatoms. The first-order valence-corrected chi connectivity index (χ1v) is 11.2. The molecule has 1 aromatic carbocycles. The first-order chi connectivity index (χ1) is 15.4. The second kappa shape index (κ2) is 9.35. The van der Waals surface area contributed by atoms with E-state index in [1.54, 1.807) is 18.2 Å². The predicted octanol–water partition coefficient (Wildman–Crippen LogP) is -0.535. The number of benzene rings is 1. The summed E-state index contributed by atoms with van der Waals surface area (Å²) in [4.78, 5) is 55.5. The van der Waals surface area contributed by atoms with Crippen LogP contribution in [-0.2, 0) is 9.59 Å². The van der Waals surface area contributed by atoms with Gasteiger partial charge in [-0.1, -0.05) is 6.07 Å². The Morgan fingerprint density at radius 2 is 1.88 bits per heavy atom. The number of nitrogens with one attached hydrogen (secondary N) is 2. The number of nitrogens with zero attached hydrogens (tertiary/aromatic N) is 3. The number of amides is 4. The first-order valence-electron chi connectivity index (χ1n) is 11.2. The van der Waals surface area contributed by atoms with Crippen LogP contribution in [0.4, 0.5) is 5.69 Å². The maximum absolute atomic E-state index is 13.1. The number of carbonyl (C=O) groups is 4. The molecule has 0 radical (unpaired) electrons. The van der Waals surface area contributed by atoms with Crippen LogP contribution in [0, 0.1) is 0 Å². The minimum absolute atomic E-state index is 0.103. The summed E-state index contributed by atoms with van der Waals surface area (Å²) in [6.07, 6.45) is 0.250. The molecule has 172 valence electrons. The summed E-state index contributed by atoms with van der Waals surface area (Å²) < 4.78 is 0. The van der Waals surface area contributed by atoms with Gasteiger partial charge in [0.25, 0.3) is 11.8 Å². The highest BCUT2D eigenvalue weighted by Crippen LogP contribution is 2.32. The molecule has 0 saturated carbocycles. The fourth-order valence-electron chi connectivity index (χ4n) is 4.59. The molecular formula is C22H30N6O4. The maximum atomic E-state index is 13.1. The molecule has 4 amide bonds. The molecule has 2 atom stereocenters. The van der Waals surface area contributed by atoms with Crippen molar-refractivity contribution in [3.05, 3.63) is 29.3 Å². The number of nitrogens with two attached hydrogens (primary N) is 1. The molecule has 1 aromatic rings. The van der Waals surface area contributed by atoms with E-state index in [-0.39, 0.29) is 24.3 Å². The van der Waals surface area contributed by atoms with Crippen molar-refractivity contribution in [1.82, 2.24) is 20.0 Å². The maximum Gasteiger partial charge on any atom is 0.264 e. The van der Waals surface area contributed by atoms with Gasteiger partial charge < -0.3 is 11.1 Å². The van der Waals surface area contributed by atoms with E-state index in [9.17, 15) is 19.2 Å². The van der Waals surface area contributed by atoms with Crippen LogP contribution in [0.15, 0.2) is 18.2 Å². The summed E-state index contributed by atoms with van der Waals surface area (Å²) in [6, 6.07) is 4.54. The average Bonchev–Trinajstić information content (AvgIpc) is 3.05. The lowest BCUT2D eigenvalue weighted by molar-refractivity contribution is -0.136. The van der Waals surface area contributed by atoms with Crippen LogP contribution in [0.2, 0.25) is 0 Å². The fraction of sp³-hybridized carbons (Fsp3) is 0.545. The third-order valence-corrected chi connectivity index (χ3v) is 6.58. The van der Waals surface area contributed by atoms with Gasteiger partial charge in [0.1, 0.15) is 6.04 Å². The standard InChI is InChI=1S/C22H30N6O4/c1-14(13-23)27-11-9-26(10-12-27)8-7-24-16-4-2-3-15-19(16)22(32)28(21(15)31)17-5-6-18(29)25-20(17)30/h2-4,14,17,24H,5-13,23H2,1H3,(H,25,29,30). The first kappa shape index (κ1) is 22.4. The van der Waals surface area contributed by atoms with Gasteiger partial charge >= 0.3 is 0 Å². The smallest absolute Gasteiger partial charge is 0.264 e. The van der Waals surface area contributed by atoms with Crippen molar-refractivity contribution in [2.24, 2.45) is 5.73 Å². The van der Waals surface area contributed by atoms with Gasteiger partial charge in [-0.15, -0.1) is 0 Å². The van der Waals surface area contributed by atoms with Crippen molar-refractivity contribution in [2.45, 2.75) is 31.8 Å². The summed E-state index contributed by atoms with van der Waals surface area (Å²) in [6.45, 7) is 8.11. The van der Waals surface area contributed by atoms with Gasteiger partial charge in [-0.25, -0.2) is 0 Å². The summed E-state index contributed by atoms with van der Waals surface area (Å²) in [7, 11) is 0. The van der Waals surface area contributed by atoms with Crippen LogP contribution in [0.1, 0.15) is 40.5 Å². The third-order valence-electron chi connectivity index (χ3n) is 6.58. The quantitative estimate of drug-likeness (QED) is 0.481. The lowest BCUT2D eigenvalue weighted by Crippen LogP contribution is -2.54. The van der Waals surface area contributed by atoms with Crippen molar-refractivity contribution in [3.8, 4) is 0 Å². The van der Waals surface area contributed by atoms with Gasteiger partial charge in [-0.2, -0.15) is 0 Å². The van der Waals surface area contributed by atoms with Crippen molar-refractivity contribution in [1.29, 1.82) is 0 Å². The molecule has 2 saturated heterocycles. The van der Waals surface area contributed by atoms with Gasteiger partial charge in [0.2, 0.25) is 11.8 Å². The SMILES string of the molecule is CC(CN)N1CCN(CCNc2cccc3c2C(=O)N(C2CCC(=O)NC2=O)C3=O)CC1.